The third-order valence-corrected chi connectivity index (χ3v) is 6.84. The first kappa shape index (κ1) is 21.8. The summed E-state index contributed by atoms with van der Waals surface area (Å²) < 4.78 is 2.83. The van der Waals surface area contributed by atoms with Crippen molar-refractivity contribution in [1.82, 2.24) is 9.88 Å². The molecule has 2 heterocycles. The lowest BCUT2D eigenvalue weighted by Crippen LogP contribution is -2.54. The molecule has 0 atom stereocenters. The number of benzene rings is 2. The van der Waals surface area contributed by atoms with Crippen LogP contribution < -0.4 is 10.2 Å². The lowest BCUT2D eigenvalue weighted by atomic mass is 10.0. The molecule has 2 aromatic carbocycles. The maximum Gasteiger partial charge on any atom is 0.335 e. The molecule has 1 N–H and O–H groups in total. The van der Waals surface area contributed by atoms with Gasteiger partial charge in [-0.3, -0.25) is 14.9 Å². The minimum atomic E-state index is -0.750. The molecule has 32 heavy (non-hydrogen) atoms. The Labute approximate surface area is 194 Å². The third-order valence-electron chi connectivity index (χ3n) is 5.84. The molecule has 7 heteroatoms. The number of para-hydroxylation sites is 1. The van der Waals surface area contributed by atoms with Crippen molar-refractivity contribution >= 4 is 45.5 Å². The number of carbonyl (C=O) groups is 3. The smallest absolute Gasteiger partial charge is 0.317 e. The van der Waals surface area contributed by atoms with Crippen LogP contribution in [0.2, 0.25) is 0 Å². The van der Waals surface area contributed by atoms with Gasteiger partial charge in [-0.25, -0.2) is 9.69 Å². The molecule has 1 aromatic heterocycles. The van der Waals surface area contributed by atoms with Crippen molar-refractivity contribution in [2.24, 2.45) is 0 Å². The zero-order valence-electron chi connectivity index (χ0n) is 18.2. The van der Waals surface area contributed by atoms with E-state index < -0.39 is 17.8 Å². The van der Waals surface area contributed by atoms with Gasteiger partial charge in [-0.1, -0.05) is 30.3 Å². The lowest BCUT2D eigenvalue weighted by molar-refractivity contribution is -0.122. The number of amides is 4. The molecular weight excluding hydrogens is 470 g/mol. The molecule has 0 spiro atoms. The average Bonchev–Trinajstić information content (AvgIpc) is 2.97. The Balaban J connectivity index is 1.84. The van der Waals surface area contributed by atoms with Crippen LogP contribution in [0.5, 0.6) is 0 Å². The normalized spacial score (nSPS) is 15.5. The van der Waals surface area contributed by atoms with Crippen LogP contribution in [-0.4, -0.2) is 22.4 Å². The number of carbonyl (C=O) groups excluding carboxylic acids is 3. The number of nitrogens with one attached hydrogen (secondary N) is 1. The number of urea groups is 1. The molecule has 0 radical (unpaired) electrons. The maximum atomic E-state index is 13.4. The van der Waals surface area contributed by atoms with Crippen LogP contribution in [0.3, 0.4) is 0 Å². The molecule has 1 aliphatic rings. The van der Waals surface area contributed by atoms with Crippen LogP contribution in [0.15, 0.2) is 58.6 Å². The highest BCUT2D eigenvalue weighted by atomic mass is 79.9. The van der Waals surface area contributed by atoms with Gasteiger partial charge in [-0.15, -0.1) is 0 Å². The highest BCUT2D eigenvalue weighted by molar-refractivity contribution is 9.10. The van der Waals surface area contributed by atoms with E-state index in [1.807, 2.05) is 64.1 Å². The van der Waals surface area contributed by atoms with Gasteiger partial charge in [0.05, 0.1) is 5.69 Å². The zero-order valence-corrected chi connectivity index (χ0v) is 19.8. The van der Waals surface area contributed by atoms with Crippen molar-refractivity contribution in [1.29, 1.82) is 0 Å². The van der Waals surface area contributed by atoms with Crippen molar-refractivity contribution in [3.05, 3.63) is 86.7 Å². The van der Waals surface area contributed by atoms with E-state index >= 15 is 0 Å². The predicted molar refractivity (Wildman–Crippen MR) is 128 cm³/mol. The molecule has 1 aliphatic heterocycles. The van der Waals surface area contributed by atoms with Crippen LogP contribution in [0, 0.1) is 27.7 Å². The van der Waals surface area contributed by atoms with Gasteiger partial charge in [0.2, 0.25) is 0 Å². The van der Waals surface area contributed by atoms with Gasteiger partial charge >= 0.3 is 6.03 Å². The fourth-order valence-corrected chi connectivity index (χ4v) is 4.53. The summed E-state index contributed by atoms with van der Waals surface area (Å²) in [5.41, 5.74) is 5.59. The first-order valence-electron chi connectivity index (χ1n) is 10.1. The van der Waals surface area contributed by atoms with E-state index in [1.165, 1.54) is 0 Å². The number of aromatic nitrogens is 1. The first-order chi connectivity index (χ1) is 15.2. The Morgan fingerprint density at radius 2 is 1.56 bits per heavy atom. The molecular formula is C25H22BrN3O3. The number of anilines is 1. The Morgan fingerprint density at radius 1 is 0.875 bits per heavy atom. The molecule has 0 bridgehead atoms. The van der Waals surface area contributed by atoms with Crippen molar-refractivity contribution in [2.75, 3.05) is 4.90 Å². The molecule has 6 nitrogen and oxygen atoms in total. The van der Waals surface area contributed by atoms with Gasteiger partial charge < -0.3 is 4.57 Å². The summed E-state index contributed by atoms with van der Waals surface area (Å²) in [6.45, 7) is 7.63. The monoisotopic (exact) mass is 491 g/mol. The van der Waals surface area contributed by atoms with Crippen molar-refractivity contribution in [2.45, 2.75) is 27.7 Å². The highest BCUT2D eigenvalue weighted by Gasteiger charge is 2.38. The average molecular weight is 492 g/mol. The fourth-order valence-electron chi connectivity index (χ4n) is 3.95. The third kappa shape index (κ3) is 3.48. The van der Waals surface area contributed by atoms with E-state index in [9.17, 15) is 14.4 Å². The van der Waals surface area contributed by atoms with Crippen LogP contribution >= 0.6 is 15.9 Å². The van der Waals surface area contributed by atoms with Crippen molar-refractivity contribution < 1.29 is 14.4 Å². The molecule has 4 amide bonds. The molecule has 4 rings (SSSR count). The Kier molecular flexibility index (Phi) is 5.60. The summed E-state index contributed by atoms with van der Waals surface area (Å²) in [5, 5.41) is 2.30. The maximum absolute atomic E-state index is 13.4. The van der Waals surface area contributed by atoms with Gasteiger partial charge in [-0.05, 0) is 79.0 Å². The zero-order chi connectivity index (χ0) is 23.2. The minimum absolute atomic E-state index is 0.0977. The molecule has 1 saturated heterocycles. The van der Waals surface area contributed by atoms with E-state index in [1.54, 1.807) is 18.2 Å². The number of nitrogens with zero attached hydrogens (tertiary/aromatic N) is 2. The minimum Gasteiger partial charge on any atom is -0.317 e. The van der Waals surface area contributed by atoms with Crippen LogP contribution in [-0.2, 0) is 9.59 Å². The van der Waals surface area contributed by atoms with Gasteiger partial charge in [0.1, 0.15) is 5.57 Å². The largest absolute Gasteiger partial charge is 0.335 e. The number of halogens is 1. The summed E-state index contributed by atoms with van der Waals surface area (Å²) in [4.78, 5) is 39.6. The summed E-state index contributed by atoms with van der Waals surface area (Å²) in [6, 6.07) is 14.5. The van der Waals surface area contributed by atoms with Gasteiger partial charge in [0, 0.05) is 27.1 Å². The quantitative estimate of drug-likeness (QED) is 0.407. The first-order valence-corrected chi connectivity index (χ1v) is 10.9. The fraction of sp³-hybridized carbons (Fsp3) is 0.160. The second-order valence-electron chi connectivity index (χ2n) is 7.75. The molecule has 3 aromatic rings. The van der Waals surface area contributed by atoms with E-state index in [4.69, 9.17) is 0 Å². The summed E-state index contributed by atoms with van der Waals surface area (Å²) in [6.07, 6.45) is 1.55. The van der Waals surface area contributed by atoms with Crippen molar-refractivity contribution in [3.8, 4) is 5.69 Å². The van der Waals surface area contributed by atoms with E-state index in [2.05, 4.69) is 25.8 Å². The summed E-state index contributed by atoms with van der Waals surface area (Å²) >= 11 is 3.62. The number of barbiturate groups is 1. The van der Waals surface area contributed by atoms with Crippen LogP contribution in [0.1, 0.15) is 28.1 Å². The number of aryl methyl sites for hydroxylation is 1. The lowest BCUT2D eigenvalue weighted by Gasteiger charge is -2.28. The van der Waals surface area contributed by atoms with E-state index in [-0.39, 0.29) is 5.57 Å². The second-order valence-corrected chi connectivity index (χ2v) is 8.54. The molecule has 0 saturated carbocycles. The van der Waals surface area contributed by atoms with E-state index in [0.717, 1.165) is 37.6 Å². The van der Waals surface area contributed by atoms with Gasteiger partial charge in [-0.2, -0.15) is 0 Å². The predicted octanol–water partition coefficient (Wildman–Crippen LogP) is 5.14. The van der Waals surface area contributed by atoms with E-state index in [0.29, 0.717) is 11.3 Å². The topological polar surface area (TPSA) is 71.4 Å². The Morgan fingerprint density at radius 3 is 2.25 bits per heavy atom. The number of rotatable bonds is 3. The summed E-state index contributed by atoms with van der Waals surface area (Å²) in [5.74, 6) is -1.36. The van der Waals surface area contributed by atoms with Gasteiger partial charge in [0.25, 0.3) is 11.8 Å². The molecule has 1 fully saturated rings. The van der Waals surface area contributed by atoms with Gasteiger partial charge in [0.15, 0.2) is 0 Å². The molecule has 0 unspecified atom stereocenters. The Hall–Kier alpha value is -3.45. The van der Waals surface area contributed by atoms with Crippen LogP contribution in [0.25, 0.3) is 11.8 Å². The van der Waals surface area contributed by atoms with Crippen molar-refractivity contribution in [3.63, 3.8) is 0 Å². The Bertz CT molecular complexity index is 1310. The highest BCUT2D eigenvalue weighted by Crippen LogP contribution is 2.33. The SMILES string of the molecule is Cc1cccc(N2C(=O)NC(=O)/C(=C\c3c(Br)c(C)n(-c4ccccc4)c3C)C2=O)c1C. The standard InChI is InChI=1S/C25H22BrN3O3/c1-14-9-8-12-21(15(14)2)29-24(31)20(23(30)27-25(29)32)13-19-16(3)28(17(4)22(19)26)18-10-6-5-7-11-18/h5-13H,1-4H3,(H,27,30,32)/b20-13+. The number of hydrogen-bond donors (Lipinski definition) is 1. The number of imide groups is 2. The summed E-state index contributed by atoms with van der Waals surface area (Å²) in [7, 11) is 0. The second kappa shape index (κ2) is 8.24. The van der Waals surface area contributed by atoms with Crippen LogP contribution in [0.4, 0.5) is 10.5 Å². The molecule has 0 aliphatic carbocycles. The number of hydrogen-bond acceptors (Lipinski definition) is 3. The molecule has 162 valence electrons.